The van der Waals surface area contributed by atoms with Crippen LogP contribution >= 0.6 is 0 Å². The average Bonchev–Trinajstić information content (AvgIpc) is 2.67. The van der Waals surface area contributed by atoms with Crippen molar-refractivity contribution in [2.24, 2.45) is 15.3 Å². The van der Waals surface area contributed by atoms with Crippen molar-refractivity contribution in [3.8, 4) is 0 Å². The second kappa shape index (κ2) is 5.03. The van der Waals surface area contributed by atoms with E-state index in [2.05, 4.69) is 15.3 Å². The summed E-state index contributed by atoms with van der Waals surface area (Å²) in [5, 5.41) is 14.4. The summed E-state index contributed by atoms with van der Waals surface area (Å²) in [7, 11) is 7.82. The summed E-state index contributed by atoms with van der Waals surface area (Å²) < 4.78 is 0. The predicted molar refractivity (Wildman–Crippen MR) is 73.1 cm³/mol. The van der Waals surface area contributed by atoms with Gasteiger partial charge in [-0.3, -0.25) is 5.01 Å². The first-order chi connectivity index (χ1) is 8.58. The van der Waals surface area contributed by atoms with E-state index in [9.17, 15) is 0 Å². The minimum absolute atomic E-state index is 0.154. The standard InChI is InChI=1S/C12H18N6/c1-16(2)11-7-5-10(6-8-11)14-15-12-17(3)9-13-18(12)4/h5-9,12H,1-4H3. The molecule has 0 N–H and O–H groups in total. The van der Waals surface area contributed by atoms with Gasteiger partial charge in [0, 0.05) is 33.9 Å². The second-order valence-electron chi connectivity index (χ2n) is 4.44. The van der Waals surface area contributed by atoms with Gasteiger partial charge in [-0.1, -0.05) is 0 Å². The molecule has 1 atom stereocenters. The molecule has 6 nitrogen and oxygen atoms in total. The third kappa shape index (κ3) is 2.58. The Labute approximate surface area is 107 Å². The molecule has 0 bridgehead atoms. The minimum Gasteiger partial charge on any atom is -0.378 e. The summed E-state index contributed by atoms with van der Waals surface area (Å²) in [6.07, 6.45) is 1.58. The molecule has 0 saturated heterocycles. The van der Waals surface area contributed by atoms with Crippen molar-refractivity contribution in [2.75, 3.05) is 33.1 Å². The third-order valence-corrected chi connectivity index (χ3v) is 2.76. The van der Waals surface area contributed by atoms with Crippen LogP contribution < -0.4 is 4.90 Å². The van der Waals surface area contributed by atoms with Crippen molar-refractivity contribution >= 4 is 17.7 Å². The highest BCUT2D eigenvalue weighted by atomic mass is 15.6. The lowest BCUT2D eigenvalue weighted by atomic mass is 10.3. The lowest BCUT2D eigenvalue weighted by Gasteiger charge is -2.19. The summed E-state index contributed by atoms with van der Waals surface area (Å²) in [6, 6.07) is 7.95. The van der Waals surface area contributed by atoms with Crippen LogP contribution in [-0.4, -0.2) is 50.7 Å². The first kappa shape index (κ1) is 12.3. The molecule has 2 rings (SSSR count). The molecular formula is C12H18N6. The minimum atomic E-state index is -0.154. The number of hydrazone groups is 1. The summed E-state index contributed by atoms with van der Waals surface area (Å²) in [6.45, 7) is 0. The molecule has 0 radical (unpaired) electrons. The van der Waals surface area contributed by atoms with E-state index < -0.39 is 0 Å². The molecule has 1 unspecified atom stereocenters. The van der Waals surface area contributed by atoms with E-state index in [0.29, 0.717) is 0 Å². The van der Waals surface area contributed by atoms with Gasteiger partial charge in [-0.15, -0.1) is 5.11 Å². The van der Waals surface area contributed by atoms with Crippen LogP contribution in [0.25, 0.3) is 0 Å². The Morgan fingerprint density at radius 2 is 1.83 bits per heavy atom. The van der Waals surface area contributed by atoms with Gasteiger partial charge in [0.05, 0.1) is 5.69 Å². The van der Waals surface area contributed by atoms with Crippen LogP contribution in [0.2, 0.25) is 0 Å². The third-order valence-electron chi connectivity index (χ3n) is 2.76. The quantitative estimate of drug-likeness (QED) is 0.766. The largest absolute Gasteiger partial charge is 0.378 e. The number of rotatable bonds is 3. The van der Waals surface area contributed by atoms with Crippen LogP contribution in [-0.2, 0) is 0 Å². The summed E-state index contributed by atoms with van der Waals surface area (Å²) >= 11 is 0. The zero-order valence-corrected chi connectivity index (χ0v) is 11.1. The fourth-order valence-electron chi connectivity index (χ4n) is 1.64. The van der Waals surface area contributed by atoms with Gasteiger partial charge in [-0.2, -0.15) is 10.2 Å². The highest BCUT2D eigenvalue weighted by molar-refractivity contribution is 5.56. The molecule has 18 heavy (non-hydrogen) atoms. The van der Waals surface area contributed by atoms with E-state index in [1.54, 1.807) is 11.3 Å². The van der Waals surface area contributed by atoms with Gasteiger partial charge in [0.2, 0.25) is 6.29 Å². The lowest BCUT2D eigenvalue weighted by Crippen LogP contribution is -2.32. The van der Waals surface area contributed by atoms with Gasteiger partial charge in [0.1, 0.15) is 6.34 Å². The average molecular weight is 246 g/mol. The van der Waals surface area contributed by atoms with Gasteiger partial charge in [-0.25, -0.2) is 0 Å². The molecule has 1 aliphatic rings. The Hall–Kier alpha value is -2.11. The van der Waals surface area contributed by atoms with E-state index in [4.69, 9.17) is 0 Å². The van der Waals surface area contributed by atoms with Gasteiger partial charge in [0.25, 0.3) is 0 Å². The molecular weight excluding hydrogens is 228 g/mol. The van der Waals surface area contributed by atoms with Gasteiger partial charge < -0.3 is 9.80 Å². The molecule has 1 aromatic rings. The first-order valence-corrected chi connectivity index (χ1v) is 5.75. The molecule has 0 saturated carbocycles. The predicted octanol–water partition coefficient (Wildman–Crippen LogP) is 1.94. The van der Waals surface area contributed by atoms with Crippen molar-refractivity contribution in [3.05, 3.63) is 24.3 Å². The summed E-state index contributed by atoms with van der Waals surface area (Å²) in [5.41, 5.74) is 1.99. The maximum atomic E-state index is 4.27. The summed E-state index contributed by atoms with van der Waals surface area (Å²) in [4.78, 5) is 3.95. The second-order valence-corrected chi connectivity index (χ2v) is 4.44. The van der Waals surface area contributed by atoms with Gasteiger partial charge >= 0.3 is 0 Å². The molecule has 0 aliphatic carbocycles. The summed E-state index contributed by atoms with van der Waals surface area (Å²) in [5.74, 6) is 0. The topological polar surface area (TPSA) is 46.8 Å². The molecule has 0 fully saturated rings. The Bertz CT molecular complexity index is 438. The van der Waals surface area contributed by atoms with E-state index >= 15 is 0 Å². The van der Waals surface area contributed by atoms with Crippen LogP contribution in [0.4, 0.5) is 11.4 Å². The zero-order chi connectivity index (χ0) is 13.1. The molecule has 96 valence electrons. The smallest absolute Gasteiger partial charge is 0.233 e. The van der Waals surface area contributed by atoms with Crippen molar-refractivity contribution < 1.29 is 0 Å². The molecule has 1 aromatic carbocycles. The van der Waals surface area contributed by atoms with Crippen LogP contribution in [0, 0.1) is 0 Å². The van der Waals surface area contributed by atoms with Crippen LogP contribution in [0.5, 0.6) is 0 Å². The monoisotopic (exact) mass is 246 g/mol. The van der Waals surface area contributed by atoms with Gasteiger partial charge in [-0.05, 0) is 24.3 Å². The number of azo groups is 1. The maximum absolute atomic E-state index is 4.27. The van der Waals surface area contributed by atoms with Crippen LogP contribution in [0.3, 0.4) is 0 Å². The Morgan fingerprint density at radius 1 is 1.17 bits per heavy atom. The molecule has 1 aliphatic heterocycles. The van der Waals surface area contributed by atoms with Crippen molar-refractivity contribution in [1.29, 1.82) is 0 Å². The van der Waals surface area contributed by atoms with E-state index in [-0.39, 0.29) is 6.29 Å². The van der Waals surface area contributed by atoms with E-state index in [0.717, 1.165) is 11.4 Å². The van der Waals surface area contributed by atoms with Crippen molar-refractivity contribution in [3.63, 3.8) is 0 Å². The lowest BCUT2D eigenvalue weighted by molar-refractivity contribution is 0.183. The Kier molecular flexibility index (Phi) is 3.45. The molecule has 0 aromatic heterocycles. The SMILES string of the molecule is CN(C)c1ccc(N=NC2N(C)C=NN2C)cc1. The molecule has 0 spiro atoms. The number of hydrogen-bond donors (Lipinski definition) is 0. The van der Waals surface area contributed by atoms with E-state index in [1.807, 2.05) is 62.3 Å². The normalized spacial score (nSPS) is 19.0. The molecule has 1 heterocycles. The molecule has 6 heteroatoms. The maximum Gasteiger partial charge on any atom is 0.233 e. The first-order valence-electron chi connectivity index (χ1n) is 5.75. The fourth-order valence-corrected chi connectivity index (χ4v) is 1.64. The highest BCUT2D eigenvalue weighted by Crippen LogP contribution is 2.19. The number of nitrogens with zero attached hydrogens (tertiary/aromatic N) is 6. The molecule has 0 amide bonds. The Balaban J connectivity index is 2.05. The number of anilines is 1. The zero-order valence-electron chi connectivity index (χ0n) is 11.1. The van der Waals surface area contributed by atoms with E-state index in [1.165, 1.54) is 0 Å². The van der Waals surface area contributed by atoms with Crippen LogP contribution in [0.1, 0.15) is 0 Å². The number of hydrogen-bond acceptors (Lipinski definition) is 6. The van der Waals surface area contributed by atoms with Crippen molar-refractivity contribution in [2.45, 2.75) is 6.29 Å². The van der Waals surface area contributed by atoms with Crippen LogP contribution in [0.15, 0.2) is 39.6 Å². The van der Waals surface area contributed by atoms with Crippen molar-refractivity contribution in [1.82, 2.24) is 9.91 Å². The fraction of sp³-hybridized carbons (Fsp3) is 0.417. The highest BCUT2D eigenvalue weighted by Gasteiger charge is 2.20. The number of benzene rings is 1. The Morgan fingerprint density at radius 3 is 2.33 bits per heavy atom. The van der Waals surface area contributed by atoms with Gasteiger partial charge in [0.15, 0.2) is 0 Å².